The van der Waals surface area contributed by atoms with Crippen LogP contribution in [0.1, 0.15) is 0 Å². The van der Waals surface area contributed by atoms with Crippen molar-refractivity contribution in [1.82, 2.24) is 4.57 Å². The van der Waals surface area contributed by atoms with Crippen molar-refractivity contribution in [1.29, 1.82) is 0 Å². The van der Waals surface area contributed by atoms with Gasteiger partial charge in [0.05, 0.1) is 18.3 Å². The zero-order valence-corrected chi connectivity index (χ0v) is 10.7. The maximum Gasteiger partial charge on any atom is 0.160 e. The summed E-state index contributed by atoms with van der Waals surface area (Å²) in [6.07, 6.45) is 1.64. The molecule has 0 fully saturated rings. The second-order valence-corrected chi connectivity index (χ2v) is 4.44. The van der Waals surface area contributed by atoms with E-state index in [9.17, 15) is 8.78 Å². The van der Waals surface area contributed by atoms with Crippen molar-refractivity contribution < 1.29 is 13.5 Å². The van der Waals surface area contributed by atoms with Gasteiger partial charge in [0.25, 0.3) is 0 Å². The Hall–Kier alpha value is -2.56. The van der Waals surface area contributed by atoms with Crippen molar-refractivity contribution in [2.45, 2.75) is 0 Å². The van der Waals surface area contributed by atoms with Crippen molar-refractivity contribution in [2.75, 3.05) is 12.8 Å². The maximum atomic E-state index is 13.4. The average Bonchev–Trinajstić information content (AvgIpc) is 2.77. The molecule has 0 aliphatic heterocycles. The number of ether oxygens (including phenoxy) is 1. The van der Waals surface area contributed by atoms with Gasteiger partial charge in [0.1, 0.15) is 5.75 Å². The predicted octanol–water partition coefficient (Wildman–Crippen LogP) is 3.50. The highest BCUT2D eigenvalue weighted by Crippen LogP contribution is 2.29. The van der Waals surface area contributed by atoms with Gasteiger partial charge in [0, 0.05) is 23.3 Å². The SMILES string of the molecule is COc1ccc(-n2cc(N)c3cc(F)c(F)cc32)cc1. The van der Waals surface area contributed by atoms with E-state index in [2.05, 4.69) is 0 Å². The molecule has 2 aromatic carbocycles. The molecule has 0 aliphatic carbocycles. The summed E-state index contributed by atoms with van der Waals surface area (Å²) in [6.45, 7) is 0. The lowest BCUT2D eigenvalue weighted by atomic mass is 10.2. The molecule has 1 aromatic heterocycles. The maximum absolute atomic E-state index is 13.4. The summed E-state index contributed by atoms with van der Waals surface area (Å²) in [5.74, 6) is -1.09. The van der Waals surface area contributed by atoms with E-state index in [0.29, 0.717) is 16.6 Å². The molecule has 5 heteroatoms. The third-order valence-corrected chi connectivity index (χ3v) is 3.23. The topological polar surface area (TPSA) is 40.2 Å². The number of hydrogen-bond donors (Lipinski definition) is 1. The summed E-state index contributed by atoms with van der Waals surface area (Å²) in [5, 5.41) is 0.486. The number of hydrogen-bond acceptors (Lipinski definition) is 2. The lowest BCUT2D eigenvalue weighted by molar-refractivity contribution is 0.415. The Balaban J connectivity index is 2.22. The number of nitrogens with zero attached hydrogens (tertiary/aromatic N) is 1. The quantitative estimate of drug-likeness (QED) is 0.777. The van der Waals surface area contributed by atoms with E-state index >= 15 is 0 Å². The van der Waals surface area contributed by atoms with Crippen molar-refractivity contribution in [3.05, 3.63) is 54.2 Å². The Kier molecular flexibility index (Phi) is 2.82. The smallest absolute Gasteiger partial charge is 0.160 e. The van der Waals surface area contributed by atoms with Crippen LogP contribution in [0, 0.1) is 11.6 Å². The van der Waals surface area contributed by atoms with Gasteiger partial charge in [-0.25, -0.2) is 8.78 Å². The molecular weight excluding hydrogens is 262 g/mol. The van der Waals surface area contributed by atoms with Crippen molar-refractivity contribution in [3.63, 3.8) is 0 Å². The van der Waals surface area contributed by atoms with Gasteiger partial charge in [-0.15, -0.1) is 0 Å². The van der Waals surface area contributed by atoms with Crippen molar-refractivity contribution >= 4 is 16.6 Å². The van der Waals surface area contributed by atoms with Crippen LogP contribution in [0.25, 0.3) is 16.6 Å². The molecule has 0 unspecified atom stereocenters. The van der Waals surface area contributed by atoms with E-state index in [1.165, 1.54) is 0 Å². The van der Waals surface area contributed by atoms with Gasteiger partial charge in [-0.2, -0.15) is 0 Å². The van der Waals surface area contributed by atoms with Gasteiger partial charge in [-0.1, -0.05) is 0 Å². The number of anilines is 1. The standard InChI is InChI=1S/C15H12F2N2O/c1-20-10-4-2-9(3-5-10)19-8-14(18)11-6-12(16)13(17)7-15(11)19/h2-8H,18H2,1H3. The van der Waals surface area contributed by atoms with Crippen LogP contribution in [0.15, 0.2) is 42.6 Å². The lowest BCUT2D eigenvalue weighted by Gasteiger charge is -2.06. The molecule has 3 nitrogen and oxygen atoms in total. The molecule has 2 N–H and O–H groups in total. The van der Waals surface area contributed by atoms with Crippen molar-refractivity contribution in [3.8, 4) is 11.4 Å². The third-order valence-electron chi connectivity index (χ3n) is 3.23. The molecule has 0 radical (unpaired) electrons. The molecule has 0 bridgehead atoms. The highest BCUT2D eigenvalue weighted by atomic mass is 19.2. The largest absolute Gasteiger partial charge is 0.497 e. The minimum atomic E-state index is -0.906. The average molecular weight is 274 g/mol. The summed E-state index contributed by atoms with van der Waals surface area (Å²) in [7, 11) is 1.58. The zero-order valence-electron chi connectivity index (χ0n) is 10.7. The Morgan fingerprint density at radius 3 is 2.35 bits per heavy atom. The van der Waals surface area contributed by atoms with Gasteiger partial charge in [-0.3, -0.25) is 0 Å². The Morgan fingerprint density at radius 1 is 1.05 bits per heavy atom. The minimum absolute atomic E-state index is 0.398. The van der Waals surface area contributed by atoms with E-state index in [1.807, 2.05) is 12.1 Å². The van der Waals surface area contributed by atoms with Gasteiger partial charge in [0.15, 0.2) is 11.6 Å². The number of fused-ring (bicyclic) bond motifs is 1. The number of benzene rings is 2. The second kappa shape index (κ2) is 4.52. The van der Waals surface area contributed by atoms with Gasteiger partial charge < -0.3 is 15.0 Å². The molecule has 0 amide bonds. The molecule has 3 aromatic rings. The molecule has 0 saturated carbocycles. The van der Waals surface area contributed by atoms with Gasteiger partial charge >= 0.3 is 0 Å². The first-order chi connectivity index (χ1) is 9.60. The van der Waals surface area contributed by atoms with Gasteiger partial charge in [-0.05, 0) is 30.3 Å². The predicted molar refractivity (Wildman–Crippen MR) is 74.2 cm³/mol. The highest BCUT2D eigenvalue weighted by molar-refractivity contribution is 5.93. The van der Waals surface area contributed by atoms with Crippen LogP contribution in [-0.4, -0.2) is 11.7 Å². The molecule has 1 heterocycles. The monoisotopic (exact) mass is 274 g/mol. The number of methoxy groups -OCH3 is 1. The fraction of sp³-hybridized carbons (Fsp3) is 0.0667. The number of nitrogen functional groups attached to an aromatic ring is 1. The third kappa shape index (κ3) is 1.87. The molecular formula is C15H12F2N2O. The van der Waals surface area contributed by atoms with Crippen LogP contribution in [0.4, 0.5) is 14.5 Å². The molecule has 0 atom stereocenters. The fourth-order valence-corrected chi connectivity index (χ4v) is 2.20. The van der Waals surface area contributed by atoms with E-state index in [0.717, 1.165) is 23.6 Å². The zero-order chi connectivity index (χ0) is 14.3. The fourth-order valence-electron chi connectivity index (χ4n) is 2.20. The summed E-state index contributed by atoms with van der Waals surface area (Å²) in [4.78, 5) is 0. The normalized spacial score (nSPS) is 10.9. The number of rotatable bonds is 2. The first-order valence-corrected chi connectivity index (χ1v) is 6.00. The van der Waals surface area contributed by atoms with E-state index in [1.54, 1.807) is 30.0 Å². The van der Waals surface area contributed by atoms with Crippen LogP contribution in [0.2, 0.25) is 0 Å². The first kappa shape index (κ1) is 12.5. The Labute approximate surface area is 114 Å². The van der Waals surface area contributed by atoms with Crippen LogP contribution in [0.5, 0.6) is 5.75 Å². The van der Waals surface area contributed by atoms with E-state index in [-0.39, 0.29) is 0 Å². The highest BCUT2D eigenvalue weighted by Gasteiger charge is 2.12. The van der Waals surface area contributed by atoms with E-state index in [4.69, 9.17) is 10.5 Å². The van der Waals surface area contributed by atoms with Crippen LogP contribution >= 0.6 is 0 Å². The molecule has 0 spiro atoms. The molecule has 0 saturated heterocycles. The lowest BCUT2D eigenvalue weighted by Crippen LogP contribution is -1.93. The van der Waals surface area contributed by atoms with Crippen LogP contribution in [-0.2, 0) is 0 Å². The molecule has 3 rings (SSSR count). The van der Waals surface area contributed by atoms with E-state index < -0.39 is 11.6 Å². The Morgan fingerprint density at radius 2 is 1.70 bits per heavy atom. The number of aromatic nitrogens is 1. The van der Waals surface area contributed by atoms with Crippen molar-refractivity contribution in [2.24, 2.45) is 0 Å². The summed E-state index contributed by atoms with van der Waals surface area (Å²) in [6, 6.07) is 9.47. The van der Waals surface area contributed by atoms with Gasteiger partial charge in [0.2, 0.25) is 0 Å². The summed E-state index contributed by atoms with van der Waals surface area (Å²) < 4.78 is 33.5. The van der Waals surface area contributed by atoms with Crippen LogP contribution < -0.4 is 10.5 Å². The number of nitrogens with two attached hydrogens (primary N) is 1. The van der Waals surface area contributed by atoms with Crippen LogP contribution in [0.3, 0.4) is 0 Å². The minimum Gasteiger partial charge on any atom is -0.497 e. The number of halogens is 2. The summed E-state index contributed by atoms with van der Waals surface area (Å²) in [5.41, 5.74) is 7.56. The summed E-state index contributed by atoms with van der Waals surface area (Å²) >= 11 is 0. The molecule has 102 valence electrons. The first-order valence-electron chi connectivity index (χ1n) is 6.00. The Bertz CT molecular complexity index is 779. The second-order valence-electron chi connectivity index (χ2n) is 4.44. The molecule has 20 heavy (non-hydrogen) atoms. The molecule has 0 aliphatic rings.